The van der Waals surface area contributed by atoms with Crippen LogP contribution in [0.4, 0.5) is 0 Å². The molecule has 112 valence electrons. The summed E-state index contributed by atoms with van der Waals surface area (Å²) < 4.78 is 12.8. The Bertz CT molecular complexity index is 580. The molecule has 3 heteroatoms. The van der Waals surface area contributed by atoms with Crippen LogP contribution in [-0.2, 0) is 10.8 Å². The summed E-state index contributed by atoms with van der Waals surface area (Å²) in [6.45, 7) is 7.07. The fourth-order valence-electron chi connectivity index (χ4n) is 2.44. The highest BCUT2D eigenvalue weighted by atomic mass is 32.2. The zero-order valence-corrected chi connectivity index (χ0v) is 13.7. The Kier molecular flexibility index (Phi) is 5.71. The van der Waals surface area contributed by atoms with Gasteiger partial charge in [0.15, 0.2) is 0 Å². The Morgan fingerprint density at radius 2 is 1.67 bits per heavy atom. The highest BCUT2D eigenvalue weighted by Gasteiger charge is 2.24. The number of nitrogens with one attached hydrogen (secondary N) is 1. The molecule has 3 atom stereocenters. The third-order valence-corrected chi connectivity index (χ3v) is 5.33. The van der Waals surface area contributed by atoms with Crippen molar-refractivity contribution in [3.63, 3.8) is 0 Å². The van der Waals surface area contributed by atoms with Gasteiger partial charge in [-0.2, -0.15) is 0 Å². The summed E-state index contributed by atoms with van der Waals surface area (Å²) in [4.78, 5) is 0.889. The molecule has 3 unspecified atom stereocenters. The molecule has 0 radical (unpaired) electrons. The fraction of sp³-hybridized carbons (Fsp3) is 0.333. The molecular formula is C18H23NOS. The first-order chi connectivity index (χ1) is 10.1. The van der Waals surface area contributed by atoms with Crippen LogP contribution in [0.15, 0.2) is 59.5 Å². The first-order valence-corrected chi connectivity index (χ1v) is 8.60. The van der Waals surface area contributed by atoms with E-state index in [2.05, 4.69) is 50.4 Å². The molecule has 0 saturated carbocycles. The van der Waals surface area contributed by atoms with Gasteiger partial charge in [-0.25, -0.2) is 0 Å². The molecule has 1 N–H and O–H groups in total. The SMILES string of the molecule is CCNC(c1ccc(C)cc1)C(C)S(=O)c1ccccc1. The van der Waals surface area contributed by atoms with Crippen LogP contribution in [0.3, 0.4) is 0 Å². The molecule has 2 aromatic rings. The fourth-order valence-corrected chi connectivity index (χ4v) is 3.80. The lowest BCUT2D eigenvalue weighted by Gasteiger charge is -2.25. The van der Waals surface area contributed by atoms with Gasteiger partial charge < -0.3 is 5.32 Å². The Balaban J connectivity index is 2.25. The van der Waals surface area contributed by atoms with E-state index in [0.717, 1.165) is 11.4 Å². The van der Waals surface area contributed by atoms with Crippen molar-refractivity contribution in [2.75, 3.05) is 6.54 Å². The third-order valence-electron chi connectivity index (χ3n) is 3.64. The standard InChI is InChI=1S/C18H23NOS/c1-4-19-18(16-12-10-14(2)11-13-16)15(3)21(20)17-8-6-5-7-9-17/h5-13,15,18-19H,4H2,1-3H3. The molecule has 0 bridgehead atoms. The van der Waals surface area contributed by atoms with E-state index in [1.165, 1.54) is 11.1 Å². The zero-order chi connectivity index (χ0) is 15.2. The summed E-state index contributed by atoms with van der Waals surface area (Å²) in [6, 6.07) is 18.3. The molecule has 0 amide bonds. The maximum Gasteiger partial charge on any atom is 0.0577 e. The van der Waals surface area contributed by atoms with Gasteiger partial charge in [0.1, 0.15) is 0 Å². The Hall–Kier alpha value is -1.45. The second kappa shape index (κ2) is 7.53. The topological polar surface area (TPSA) is 29.1 Å². The van der Waals surface area contributed by atoms with E-state index in [-0.39, 0.29) is 11.3 Å². The van der Waals surface area contributed by atoms with E-state index in [1.807, 2.05) is 30.3 Å². The molecule has 0 saturated heterocycles. The van der Waals surface area contributed by atoms with Gasteiger partial charge in [-0.1, -0.05) is 55.0 Å². The first-order valence-electron chi connectivity index (χ1n) is 7.39. The average molecular weight is 301 g/mol. The summed E-state index contributed by atoms with van der Waals surface area (Å²) in [5.74, 6) is 0. The maximum absolute atomic E-state index is 12.8. The quantitative estimate of drug-likeness (QED) is 0.878. The van der Waals surface area contributed by atoms with Crippen molar-refractivity contribution in [2.45, 2.75) is 37.0 Å². The van der Waals surface area contributed by atoms with Crippen molar-refractivity contribution in [1.82, 2.24) is 5.32 Å². The Morgan fingerprint density at radius 1 is 1.05 bits per heavy atom. The van der Waals surface area contributed by atoms with E-state index >= 15 is 0 Å². The second-order valence-electron chi connectivity index (χ2n) is 5.26. The largest absolute Gasteiger partial charge is 0.309 e. The van der Waals surface area contributed by atoms with E-state index in [1.54, 1.807) is 0 Å². The minimum atomic E-state index is -1.03. The lowest BCUT2D eigenvalue weighted by atomic mass is 10.0. The van der Waals surface area contributed by atoms with Crippen LogP contribution in [-0.4, -0.2) is 16.0 Å². The highest BCUT2D eigenvalue weighted by molar-refractivity contribution is 7.85. The molecule has 0 aliphatic heterocycles. The van der Waals surface area contributed by atoms with Gasteiger partial charge in [0.25, 0.3) is 0 Å². The molecule has 2 aromatic carbocycles. The number of hydrogen-bond donors (Lipinski definition) is 1. The molecule has 2 rings (SSSR count). The van der Waals surface area contributed by atoms with Crippen molar-refractivity contribution in [1.29, 1.82) is 0 Å². The predicted octanol–water partition coefficient (Wildman–Crippen LogP) is 3.84. The molecule has 0 heterocycles. The lowest BCUT2D eigenvalue weighted by molar-refractivity contribution is 0.535. The molecule has 0 aromatic heterocycles. The molecule has 0 fully saturated rings. The molecule has 0 aliphatic carbocycles. The molecule has 0 aliphatic rings. The summed E-state index contributed by atoms with van der Waals surface area (Å²) in [5, 5.41) is 3.49. The molecule has 21 heavy (non-hydrogen) atoms. The summed E-state index contributed by atoms with van der Waals surface area (Å²) in [7, 11) is -1.03. The van der Waals surface area contributed by atoms with Gasteiger partial charge in [-0.15, -0.1) is 0 Å². The van der Waals surface area contributed by atoms with Crippen LogP contribution in [0.1, 0.15) is 31.0 Å². The maximum atomic E-state index is 12.8. The van der Waals surface area contributed by atoms with Crippen LogP contribution in [0.5, 0.6) is 0 Å². The van der Waals surface area contributed by atoms with Crippen molar-refractivity contribution < 1.29 is 4.21 Å². The zero-order valence-electron chi connectivity index (χ0n) is 12.9. The average Bonchev–Trinajstić information content (AvgIpc) is 2.53. The van der Waals surface area contributed by atoms with E-state index in [9.17, 15) is 4.21 Å². The first kappa shape index (κ1) is 15.9. The molecule has 0 spiro atoms. The van der Waals surface area contributed by atoms with E-state index in [0.29, 0.717) is 0 Å². The van der Waals surface area contributed by atoms with Crippen LogP contribution in [0, 0.1) is 6.92 Å². The van der Waals surface area contributed by atoms with Crippen molar-refractivity contribution in [3.8, 4) is 0 Å². The third kappa shape index (κ3) is 4.02. The molecule has 2 nitrogen and oxygen atoms in total. The van der Waals surface area contributed by atoms with Crippen LogP contribution >= 0.6 is 0 Å². The van der Waals surface area contributed by atoms with Crippen molar-refractivity contribution >= 4 is 10.8 Å². The number of benzene rings is 2. The Labute approximate surface area is 130 Å². The van der Waals surface area contributed by atoms with E-state index in [4.69, 9.17) is 0 Å². The van der Waals surface area contributed by atoms with Gasteiger partial charge in [0.2, 0.25) is 0 Å². The van der Waals surface area contributed by atoms with E-state index < -0.39 is 10.8 Å². The van der Waals surface area contributed by atoms with Crippen molar-refractivity contribution in [3.05, 3.63) is 65.7 Å². The second-order valence-corrected chi connectivity index (χ2v) is 7.07. The van der Waals surface area contributed by atoms with Crippen LogP contribution < -0.4 is 5.32 Å². The Morgan fingerprint density at radius 3 is 2.24 bits per heavy atom. The smallest absolute Gasteiger partial charge is 0.0577 e. The van der Waals surface area contributed by atoms with Gasteiger partial charge in [-0.05, 0) is 38.1 Å². The predicted molar refractivity (Wildman–Crippen MR) is 89.9 cm³/mol. The van der Waals surface area contributed by atoms with Crippen LogP contribution in [0.2, 0.25) is 0 Å². The lowest BCUT2D eigenvalue weighted by Crippen LogP contribution is -2.33. The van der Waals surface area contributed by atoms with Gasteiger partial charge >= 0.3 is 0 Å². The summed E-state index contributed by atoms with van der Waals surface area (Å²) in [6.07, 6.45) is 0. The minimum Gasteiger partial charge on any atom is -0.309 e. The minimum absolute atomic E-state index is 0.00931. The number of rotatable bonds is 6. The van der Waals surface area contributed by atoms with Crippen molar-refractivity contribution in [2.24, 2.45) is 0 Å². The van der Waals surface area contributed by atoms with Gasteiger partial charge in [-0.3, -0.25) is 4.21 Å². The van der Waals surface area contributed by atoms with Gasteiger partial charge in [0, 0.05) is 10.9 Å². The number of hydrogen-bond acceptors (Lipinski definition) is 2. The summed E-state index contributed by atoms with van der Waals surface area (Å²) in [5.41, 5.74) is 2.44. The van der Waals surface area contributed by atoms with Gasteiger partial charge in [0.05, 0.1) is 16.0 Å². The molecular weight excluding hydrogens is 278 g/mol. The monoisotopic (exact) mass is 301 g/mol. The summed E-state index contributed by atoms with van der Waals surface area (Å²) >= 11 is 0. The number of aryl methyl sites for hydroxylation is 1. The van der Waals surface area contributed by atoms with Crippen LogP contribution in [0.25, 0.3) is 0 Å². The highest BCUT2D eigenvalue weighted by Crippen LogP contribution is 2.24. The normalized spacial score (nSPS) is 15.4.